The lowest BCUT2D eigenvalue weighted by Gasteiger charge is -2.32. The van der Waals surface area contributed by atoms with E-state index in [-0.39, 0.29) is 16.6 Å². The Kier molecular flexibility index (Phi) is 10.2. The third-order valence-corrected chi connectivity index (χ3v) is 11.2. The molecule has 0 saturated heterocycles. The summed E-state index contributed by atoms with van der Waals surface area (Å²) < 4.78 is 27.2. The van der Waals surface area contributed by atoms with Gasteiger partial charge in [-0.2, -0.15) is 0 Å². The van der Waals surface area contributed by atoms with Crippen LogP contribution in [0.1, 0.15) is 63.8 Å². The Labute approximate surface area is 321 Å². The van der Waals surface area contributed by atoms with Crippen LogP contribution in [0.3, 0.4) is 0 Å². The highest BCUT2D eigenvalue weighted by molar-refractivity contribution is 7.57. The Balaban J connectivity index is 1.30. The predicted molar refractivity (Wildman–Crippen MR) is 223 cm³/mol. The zero-order valence-corrected chi connectivity index (χ0v) is 33.4. The van der Waals surface area contributed by atoms with Crippen LogP contribution in [0.4, 0.5) is 0 Å². The number of ether oxygens (including phenoxy) is 2. The van der Waals surface area contributed by atoms with Gasteiger partial charge in [0.1, 0.15) is 42.0 Å². The van der Waals surface area contributed by atoms with Crippen molar-refractivity contribution in [2.45, 2.75) is 66.2 Å². The number of rotatable bonds is 9. The van der Waals surface area contributed by atoms with E-state index in [9.17, 15) is 5.11 Å². The first-order valence-electron chi connectivity index (χ1n) is 18.6. The van der Waals surface area contributed by atoms with E-state index in [2.05, 4.69) is 110 Å². The van der Waals surface area contributed by atoms with Gasteiger partial charge in [0, 0.05) is 38.9 Å². The summed E-state index contributed by atoms with van der Waals surface area (Å²) in [6.45, 7) is 18.3. The first kappa shape index (κ1) is 37.1. The zero-order chi connectivity index (χ0) is 38.2. The molecule has 6 heteroatoms. The average molecular weight is 737 g/mol. The SMILES string of the molecule is Cc1cc(-c2cc(C)cc(C(C)(C)C)c2OP2Oc3ccccc3-c3ccccc32)c(OCCOc2ccccc2-c2ccccc2O)c(C(C)(C)C)c1. The molecule has 1 N–H and O–H groups in total. The molecule has 1 aliphatic rings. The molecule has 54 heavy (non-hydrogen) atoms. The highest BCUT2D eigenvalue weighted by Crippen LogP contribution is 2.54. The minimum absolute atomic E-state index is 0.211. The quantitative estimate of drug-likeness (QED) is 0.118. The highest BCUT2D eigenvalue weighted by Gasteiger charge is 2.34. The number of aryl methyl sites for hydroxylation is 2. The maximum atomic E-state index is 10.6. The Morgan fingerprint density at radius 3 is 1.72 bits per heavy atom. The summed E-state index contributed by atoms with van der Waals surface area (Å²) in [5.74, 6) is 3.33. The van der Waals surface area contributed by atoms with E-state index < -0.39 is 8.38 Å². The van der Waals surface area contributed by atoms with Crippen molar-refractivity contribution in [1.29, 1.82) is 0 Å². The van der Waals surface area contributed by atoms with Crippen LogP contribution in [0.5, 0.6) is 28.7 Å². The maximum Gasteiger partial charge on any atom is 0.326 e. The molecule has 0 radical (unpaired) electrons. The van der Waals surface area contributed by atoms with E-state index >= 15 is 0 Å². The van der Waals surface area contributed by atoms with Gasteiger partial charge in [0.15, 0.2) is 0 Å². The number of benzene rings is 6. The van der Waals surface area contributed by atoms with Gasteiger partial charge in [-0.25, -0.2) is 0 Å². The zero-order valence-electron chi connectivity index (χ0n) is 32.5. The molecule has 0 saturated carbocycles. The predicted octanol–water partition coefficient (Wildman–Crippen LogP) is 12.5. The van der Waals surface area contributed by atoms with Gasteiger partial charge in [-0.15, -0.1) is 0 Å². The molecule has 0 aromatic heterocycles. The first-order valence-corrected chi connectivity index (χ1v) is 19.8. The molecule has 0 spiro atoms. The molecule has 0 fully saturated rings. The minimum atomic E-state index is -1.52. The van der Waals surface area contributed by atoms with E-state index in [1.54, 1.807) is 6.07 Å². The topological polar surface area (TPSA) is 57.2 Å². The maximum absolute atomic E-state index is 10.6. The van der Waals surface area contributed by atoms with E-state index in [1.807, 2.05) is 60.7 Å². The van der Waals surface area contributed by atoms with Gasteiger partial charge >= 0.3 is 8.38 Å². The van der Waals surface area contributed by atoms with Crippen LogP contribution in [0.2, 0.25) is 0 Å². The third kappa shape index (κ3) is 7.56. The molecule has 1 unspecified atom stereocenters. The number of phenols is 1. The number of fused-ring (bicyclic) bond motifs is 3. The molecule has 7 rings (SSSR count). The summed E-state index contributed by atoms with van der Waals surface area (Å²) in [6.07, 6.45) is 0. The lowest BCUT2D eigenvalue weighted by molar-refractivity contribution is 0.215. The smallest absolute Gasteiger partial charge is 0.326 e. The van der Waals surface area contributed by atoms with Crippen LogP contribution < -0.4 is 23.8 Å². The summed E-state index contributed by atoms with van der Waals surface area (Å²) >= 11 is 0. The number of para-hydroxylation sites is 3. The van der Waals surface area contributed by atoms with Crippen molar-refractivity contribution < 1.29 is 23.6 Å². The Hall–Kier alpha value is -5.25. The van der Waals surface area contributed by atoms with Crippen molar-refractivity contribution in [2.75, 3.05) is 13.2 Å². The van der Waals surface area contributed by atoms with Gasteiger partial charge in [0.25, 0.3) is 0 Å². The number of phenolic OH excluding ortho intramolecular Hbond substituents is 1. The highest BCUT2D eigenvalue weighted by atomic mass is 31.2. The van der Waals surface area contributed by atoms with Crippen LogP contribution in [0.25, 0.3) is 33.4 Å². The molecular weight excluding hydrogens is 687 g/mol. The second-order valence-electron chi connectivity index (χ2n) is 16.0. The van der Waals surface area contributed by atoms with Gasteiger partial charge in [0.2, 0.25) is 0 Å². The second-order valence-corrected chi connectivity index (χ2v) is 17.4. The minimum Gasteiger partial charge on any atom is -0.507 e. The van der Waals surface area contributed by atoms with E-state index in [0.717, 1.165) is 78.2 Å². The fourth-order valence-corrected chi connectivity index (χ4v) is 8.58. The van der Waals surface area contributed by atoms with Crippen molar-refractivity contribution in [3.05, 3.63) is 144 Å². The van der Waals surface area contributed by atoms with Crippen LogP contribution in [-0.2, 0) is 10.8 Å². The molecule has 0 aliphatic carbocycles. The fraction of sp³-hybridized carbons (Fsp3) is 0.250. The summed E-state index contributed by atoms with van der Waals surface area (Å²) in [5, 5.41) is 11.6. The van der Waals surface area contributed by atoms with E-state index in [4.69, 9.17) is 18.5 Å². The molecular formula is C48H49O5P. The number of hydrogen-bond acceptors (Lipinski definition) is 5. The third-order valence-electron chi connectivity index (χ3n) is 9.67. The normalized spacial score (nSPS) is 13.7. The summed E-state index contributed by atoms with van der Waals surface area (Å²) in [7, 11) is -1.52. The largest absolute Gasteiger partial charge is 0.507 e. The molecule has 6 aromatic rings. The molecule has 5 nitrogen and oxygen atoms in total. The van der Waals surface area contributed by atoms with Crippen molar-refractivity contribution in [3.63, 3.8) is 0 Å². The number of hydrogen-bond donors (Lipinski definition) is 1. The fourth-order valence-electron chi connectivity index (χ4n) is 7.04. The van der Waals surface area contributed by atoms with Crippen molar-refractivity contribution >= 4 is 13.7 Å². The summed E-state index contributed by atoms with van der Waals surface area (Å²) in [4.78, 5) is 0. The van der Waals surface area contributed by atoms with Crippen LogP contribution >= 0.6 is 8.38 Å². The summed E-state index contributed by atoms with van der Waals surface area (Å²) in [5.41, 5.74) is 9.74. The average Bonchev–Trinajstić information content (AvgIpc) is 3.14. The Morgan fingerprint density at radius 2 is 1.06 bits per heavy atom. The van der Waals surface area contributed by atoms with Crippen molar-refractivity contribution in [3.8, 4) is 62.1 Å². The van der Waals surface area contributed by atoms with Crippen molar-refractivity contribution in [2.24, 2.45) is 0 Å². The monoisotopic (exact) mass is 736 g/mol. The second kappa shape index (κ2) is 14.9. The lowest BCUT2D eigenvalue weighted by Crippen LogP contribution is -2.20. The van der Waals surface area contributed by atoms with Crippen molar-refractivity contribution in [1.82, 2.24) is 0 Å². The molecule has 0 amide bonds. The molecule has 1 aliphatic heterocycles. The van der Waals surface area contributed by atoms with Gasteiger partial charge < -0.3 is 23.6 Å². The molecule has 1 atom stereocenters. The van der Waals surface area contributed by atoms with Gasteiger partial charge in [0.05, 0.1) is 5.30 Å². The molecule has 276 valence electrons. The van der Waals surface area contributed by atoms with Gasteiger partial charge in [-0.1, -0.05) is 126 Å². The Bertz CT molecular complexity index is 2310. The summed E-state index contributed by atoms with van der Waals surface area (Å²) in [6, 6.07) is 40.6. The van der Waals surface area contributed by atoms with Crippen LogP contribution in [-0.4, -0.2) is 18.3 Å². The molecule has 0 bridgehead atoms. The Morgan fingerprint density at radius 1 is 0.537 bits per heavy atom. The van der Waals surface area contributed by atoms with E-state index in [1.165, 1.54) is 0 Å². The van der Waals surface area contributed by atoms with Gasteiger partial charge in [-0.3, -0.25) is 0 Å². The first-order chi connectivity index (χ1) is 25.8. The number of aromatic hydroxyl groups is 1. The standard InChI is InChI=1S/C48H49O5P/c1-31-27-37(45(39(29-31)47(3,4)5)51-26-25-50-42-22-14-10-18-34(42)33-17-9-13-21-41(33)49)38-28-32(2)30-40(48(6,7)8)46(38)53-54-44-24-16-12-20-36(44)35-19-11-15-23-43(35)52-54/h9-24,27-30,49H,25-26H2,1-8H3. The van der Waals surface area contributed by atoms with Gasteiger partial charge in [-0.05, 0) is 77.8 Å². The lowest BCUT2D eigenvalue weighted by atomic mass is 9.80. The molecule has 1 heterocycles. The molecule has 6 aromatic carbocycles. The van der Waals surface area contributed by atoms with Crippen LogP contribution in [0, 0.1) is 13.8 Å². The van der Waals surface area contributed by atoms with Crippen LogP contribution in [0.15, 0.2) is 121 Å². The van der Waals surface area contributed by atoms with E-state index in [0.29, 0.717) is 19.0 Å².